The lowest BCUT2D eigenvalue weighted by Crippen LogP contribution is -2.46. The Kier molecular flexibility index (Phi) is 3.83. The Bertz CT molecular complexity index is 503. The van der Waals surface area contributed by atoms with Crippen LogP contribution in [0.2, 0.25) is 0 Å². The maximum Gasteiger partial charge on any atom is 0.306 e. The van der Waals surface area contributed by atoms with Crippen LogP contribution in [0.1, 0.15) is 30.1 Å². The first-order valence-corrected chi connectivity index (χ1v) is 6.28. The van der Waals surface area contributed by atoms with Crippen molar-refractivity contribution in [1.82, 2.24) is 4.90 Å². The number of piperidine rings is 1. The molecule has 0 spiro atoms. The summed E-state index contributed by atoms with van der Waals surface area (Å²) in [5.41, 5.74) is 0.306. The molecule has 4 nitrogen and oxygen atoms in total. The molecule has 1 aliphatic rings. The van der Waals surface area contributed by atoms with Gasteiger partial charge in [-0.05, 0) is 38.0 Å². The normalized spacial score (nSPS) is 23.2. The average molecular weight is 265 g/mol. The predicted molar refractivity (Wildman–Crippen MR) is 67.3 cm³/mol. The van der Waals surface area contributed by atoms with E-state index in [1.165, 1.54) is 18.2 Å². The van der Waals surface area contributed by atoms with Gasteiger partial charge in [-0.15, -0.1) is 0 Å². The third-order valence-corrected chi connectivity index (χ3v) is 3.56. The number of likely N-dealkylation sites (tertiary alicyclic amines) is 1. The van der Waals surface area contributed by atoms with Gasteiger partial charge >= 0.3 is 5.97 Å². The predicted octanol–water partition coefficient (Wildman–Crippen LogP) is 2.15. The minimum atomic E-state index is -0.815. The molecular weight excluding hydrogens is 249 g/mol. The first-order chi connectivity index (χ1) is 8.99. The molecule has 1 aliphatic heterocycles. The molecule has 1 N–H and O–H groups in total. The molecular formula is C14H16FNO3. The average Bonchev–Trinajstić information content (AvgIpc) is 2.37. The second-order valence-electron chi connectivity index (χ2n) is 4.92. The summed E-state index contributed by atoms with van der Waals surface area (Å²) in [6.07, 6.45) is 0.886. The molecule has 1 saturated heterocycles. The number of carboxylic acid groups (broad SMARTS) is 1. The van der Waals surface area contributed by atoms with Gasteiger partial charge in [0.2, 0.25) is 0 Å². The van der Waals surface area contributed by atoms with Crippen molar-refractivity contribution < 1.29 is 19.1 Å². The zero-order chi connectivity index (χ0) is 14.0. The fourth-order valence-electron chi connectivity index (χ4n) is 2.49. The van der Waals surface area contributed by atoms with Crippen LogP contribution in [-0.2, 0) is 4.79 Å². The number of amides is 1. The Hall–Kier alpha value is -1.91. The lowest BCUT2D eigenvalue weighted by atomic mass is 9.91. The number of carbonyl (C=O) groups is 2. The summed E-state index contributed by atoms with van der Waals surface area (Å²) in [6, 6.07) is 5.42. The Morgan fingerprint density at radius 2 is 2.16 bits per heavy atom. The molecule has 2 unspecified atom stereocenters. The van der Waals surface area contributed by atoms with Gasteiger partial charge in [-0.2, -0.15) is 0 Å². The van der Waals surface area contributed by atoms with Crippen molar-refractivity contribution >= 4 is 11.9 Å². The maximum atomic E-state index is 13.1. The lowest BCUT2D eigenvalue weighted by Gasteiger charge is -2.36. The number of halogens is 1. The van der Waals surface area contributed by atoms with E-state index in [4.69, 9.17) is 5.11 Å². The number of nitrogens with zero attached hydrogens (tertiary/aromatic N) is 1. The molecule has 0 radical (unpaired) electrons. The van der Waals surface area contributed by atoms with Crippen molar-refractivity contribution in [1.29, 1.82) is 0 Å². The molecule has 0 saturated carbocycles. The van der Waals surface area contributed by atoms with Crippen molar-refractivity contribution in [2.75, 3.05) is 6.54 Å². The van der Waals surface area contributed by atoms with Crippen molar-refractivity contribution in [2.24, 2.45) is 5.92 Å². The van der Waals surface area contributed by atoms with E-state index >= 15 is 0 Å². The van der Waals surface area contributed by atoms with Gasteiger partial charge in [0.1, 0.15) is 5.82 Å². The molecule has 19 heavy (non-hydrogen) atoms. The molecule has 1 fully saturated rings. The number of hydrogen-bond acceptors (Lipinski definition) is 2. The molecule has 2 rings (SSSR count). The van der Waals surface area contributed by atoms with Crippen LogP contribution in [0.5, 0.6) is 0 Å². The molecule has 0 aromatic heterocycles. The molecule has 1 heterocycles. The minimum absolute atomic E-state index is 0.148. The fraction of sp³-hybridized carbons (Fsp3) is 0.429. The summed E-state index contributed by atoms with van der Waals surface area (Å²) in [4.78, 5) is 24.8. The zero-order valence-electron chi connectivity index (χ0n) is 10.7. The number of carboxylic acids is 1. The van der Waals surface area contributed by atoms with E-state index in [0.717, 1.165) is 0 Å². The van der Waals surface area contributed by atoms with Crippen molar-refractivity contribution in [3.63, 3.8) is 0 Å². The van der Waals surface area contributed by atoms with Gasteiger partial charge in [-0.25, -0.2) is 4.39 Å². The number of rotatable bonds is 2. The van der Waals surface area contributed by atoms with E-state index in [1.807, 2.05) is 6.92 Å². The number of aliphatic carboxylic acids is 1. The molecule has 102 valence electrons. The number of hydrogen-bond donors (Lipinski definition) is 1. The molecule has 5 heteroatoms. The lowest BCUT2D eigenvalue weighted by molar-refractivity contribution is -0.143. The van der Waals surface area contributed by atoms with Crippen LogP contribution >= 0.6 is 0 Å². The highest BCUT2D eigenvalue weighted by molar-refractivity contribution is 5.94. The van der Waals surface area contributed by atoms with E-state index in [2.05, 4.69) is 0 Å². The highest BCUT2D eigenvalue weighted by Gasteiger charge is 2.32. The molecule has 1 aromatic carbocycles. The Labute approximate surface area is 110 Å². The Morgan fingerprint density at radius 1 is 1.42 bits per heavy atom. The second-order valence-corrected chi connectivity index (χ2v) is 4.92. The van der Waals surface area contributed by atoms with E-state index in [1.54, 1.807) is 11.0 Å². The van der Waals surface area contributed by atoms with Crippen LogP contribution in [-0.4, -0.2) is 34.5 Å². The van der Waals surface area contributed by atoms with Gasteiger partial charge in [0, 0.05) is 18.2 Å². The topological polar surface area (TPSA) is 57.6 Å². The first kappa shape index (κ1) is 13.5. The molecule has 1 aromatic rings. The zero-order valence-corrected chi connectivity index (χ0v) is 10.7. The highest BCUT2D eigenvalue weighted by atomic mass is 19.1. The van der Waals surface area contributed by atoms with Gasteiger partial charge in [-0.1, -0.05) is 6.07 Å². The molecule has 2 atom stereocenters. The van der Waals surface area contributed by atoms with Gasteiger partial charge < -0.3 is 10.0 Å². The monoisotopic (exact) mass is 265 g/mol. The van der Waals surface area contributed by atoms with Gasteiger partial charge in [0.25, 0.3) is 5.91 Å². The smallest absolute Gasteiger partial charge is 0.306 e. The second kappa shape index (κ2) is 5.38. The van der Waals surface area contributed by atoms with Crippen LogP contribution in [0.4, 0.5) is 4.39 Å². The molecule has 0 bridgehead atoms. The minimum Gasteiger partial charge on any atom is -0.481 e. The van der Waals surface area contributed by atoms with Crippen LogP contribution in [0.25, 0.3) is 0 Å². The van der Waals surface area contributed by atoms with Crippen LogP contribution in [0.3, 0.4) is 0 Å². The van der Waals surface area contributed by atoms with Gasteiger partial charge in [-0.3, -0.25) is 9.59 Å². The Morgan fingerprint density at radius 3 is 2.74 bits per heavy atom. The summed E-state index contributed by atoms with van der Waals surface area (Å²) in [7, 11) is 0. The highest BCUT2D eigenvalue weighted by Crippen LogP contribution is 2.24. The summed E-state index contributed by atoms with van der Waals surface area (Å²) in [5, 5.41) is 8.98. The van der Waals surface area contributed by atoms with E-state index < -0.39 is 17.7 Å². The van der Waals surface area contributed by atoms with E-state index in [0.29, 0.717) is 24.9 Å². The van der Waals surface area contributed by atoms with Crippen LogP contribution in [0, 0.1) is 11.7 Å². The quantitative estimate of drug-likeness (QED) is 0.891. The van der Waals surface area contributed by atoms with Crippen LogP contribution < -0.4 is 0 Å². The first-order valence-electron chi connectivity index (χ1n) is 6.28. The summed E-state index contributed by atoms with van der Waals surface area (Å²) in [5.74, 6) is -1.90. The summed E-state index contributed by atoms with van der Waals surface area (Å²) < 4.78 is 13.1. The number of carbonyl (C=O) groups excluding carboxylic acids is 1. The third kappa shape index (κ3) is 2.92. The summed E-state index contributed by atoms with van der Waals surface area (Å²) >= 11 is 0. The number of benzene rings is 1. The van der Waals surface area contributed by atoms with Crippen molar-refractivity contribution in [3.05, 3.63) is 35.6 Å². The van der Waals surface area contributed by atoms with E-state index in [-0.39, 0.29) is 11.9 Å². The SMILES string of the molecule is CC1CC(C(=O)O)CCN1C(=O)c1cccc(F)c1. The largest absolute Gasteiger partial charge is 0.481 e. The standard InChI is InChI=1S/C14H16FNO3/c1-9-7-11(14(18)19)5-6-16(9)13(17)10-3-2-4-12(15)8-10/h2-4,8-9,11H,5-7H2,1H3,(H,18,19). The van der Waals surface area contributed by atoms with E-state index in [9.17, 15) is 14.0 Å². The maximum absolute atomic E-state index is 13.1. The van der Waals surface area contributed by atoms with Crippen molar-refractivity contribution in [2.45, 2.75) is 25.8 Å². The third-order valence-electron chi connectivity index (χ3n) is 3.56. The van der Waals surface area contributed by atoms with Crippen LogP contribution in [0.15, 0.2) is 24.3 Å². The van der Waals surface area contributed by atoms with Gasteiger partial charge in [0.15, 0.2) is 0 Å². The van der Waals surface area contributed by atoms with Crippen molar-refractivity contribution in [3.8, 4) is 0 Å². The summed E-state index contributed by atoms with van der Waals surface area (Å²) in [6.45, 7) is 2.22. The fourth-order valence-corrected chi connectivity index (χ4v) is 2.49. The van der Waals surface area contributed by atoms with Gasteiger partial charge in [0.05, 0.1) is 5.92 Å². The molecule has 1 amide bonds. The Balaban J connectivity index is 2.11. The molecule has 0 aliphatic carbocycles.